The van der Waals surface area contributed by atoms with Crippen LogP contribution in [0.5, 0.6) is 5.75 Å². The van der Waals surface area contributed by atoms with Crippen molar-refractivity contribution in [1.82, 2.24) is 4.90 Å². The molecule has 0 aliphatic heterocycles. The minimum absolute atomic E-state index is 0.248. The largest absolute Gasteiger partial charge is 0.496 e. The highest BCUT2D eigenvalue weighted by atomic mass is 16.5. The Kier molecular flexibility index (Phi) is 6.15. The lowest BCUT2D eigenvalue weighted by atomic mass is 10.1. The van der Waals surface area contributed by atoms with Gasteiger partial charge < -0.3 is 16.2 Å². The monoisotopic (exact) mass is 265 g/mol. The molecule has 0 radical (unpaired) electrons. The number of amides is 1. The Labute approximate surface area is 114 Å². The van der Waals surface area contributed by atoms with E-state index in [-0.39, 0.29) is 12.5 Å². The Bertz CT molecular complexity index is 421. The Hall–Kier alpha value is -1.75. The molecule has 1 aromatic rings. The van der Waals surface area contributed by atoms with E-state index >= 15 is 0 Å². The predicted molar refractivity (Wildman–Crippen MR) is 76.8 cm³/mol. The smallest absolute Gasteiger partial charge is 0.231 e. The summed E-state index contributed by atoms with van der Waals surface area (Å²) >= 11 is 0. The van der Waals surface area contributed by atoms with Crippen LogP contribution in [0.15, 0.2) is 18.2 Å². The molecular weight excluding hydrogens is 242 g/mol. The average Bonchev–Trinajstić information content (AvgIpc) is 2.35. The van der Waals surface area contributed by atoms with Crippen LogP contribution < -0.4 is 16.2 Å². The van der Waals surface area contributed by atoms with Gasteiger partial charge in [-0.2, -0.15) is 0 Å². The Morgan fingerprint density at radius 3 is 2.74 bits per heavy atom. The third-order valence-corrected chi connectivity index (χ3v) is 2.91. The number of nitrogens with two attached hydrogens (primary N) is 2. The molecule has 0 aliphatic rings. The highest BCUT2D eigenvalue weighted by Gasteiger charge is 2.12. The van der Waals surface area contributed by atoms with Crippen LogP contribution in [-0.2, 0) is 11.3 Å². The number of methoxy groups -OCH3 is 1. The summed E-state index contributed by atoms with van der Waals surface area (Å²) in [6.07, 6.45) is 2.10. The van der Waals surface area contributed by atoms with E-state index in [4.69, 9.17) is 16.2 Å². The second-order valence-corrected chi connectivity index (χ2v) is 4.60. The van der Waals surface area contributed by atoms with Gasteiger partial charge in [0.15, 0.2) is 0 Å². The predicted octanol–water partition coefficient (Wildman–Crippen LogP) is 1.36. The van der Waals surface area contributed by atoms with E-state index in [1.54, 1.807) is 13.2 Å². The second kappa shape index (κ2) is 7.63. The summed E-state index contributed by atoms with van der Waals surface area (Å²) in [6, 6.07) is 5.51. The number of unbranched alkanes of at least 4 members (excludes halogenated alkanes) is 1. The lowest BCUT2D eigenvalue weighted by Gasteiger charge is -2.22. The number of hydrogen-bond acceptors (Lipinski definition) is 4. The van der Waals surface area contributed by atoms with E-state index in [9.17, 15) is 4.79 Å². The lowest BCUT2D eigenvalue weighted by Crippen LogP contribution is -2.34. The van der Waals surface area contributed by atoms with Gasteiger partial charge in [-0.3, -0.25) is 9.69 Å². The fraction of sp³-hybridized carbons (Fsp3) is 0.500. The molecule has 0 bridgehead atoms. The van der Waals surface area contributed by atoms with E-state index in [2.05, 4.69) is 6.92 Å². The highest BCUT2D eigenvalue weighted by Crippen LogP contribution is 2.22. The van der Waals surface area contributed by atoms with Crippen molar-refractivity contribution in [3.05, 3.63) is 23.8 Å². The van der Waals surface area contributed by atoms with Gasteiger partial charge in [0, 0.05) is 17.8 Å². The number of nitrogens with zero attached hydrogens (tertiary/aromatic N) is 1. The van der Waals surface area contributed by atoms with Crippen molar-refractivity contribution in [1.29, 1.82) is 0 Å². The maximum atomic E-state index is 11.1. The van der Waals surface area contributed by atoms with Crippen LogP contribution in [0.3, 0.4) is 0 Å². The second-order valence-electron chi connectivity index (χ2n) is 4.60. The van der Waals surface area contributed by atoms with Gasteiger partial charge in [0.2, 0.25) is 5.91 Å². The molecule has 1 aromatic carbocycles. The van der Waals surface area contributed by atoms with Gasteiger partial charge in [-0.25, -0.2) is 0 Å². The molecular formula is C14H23N3O2. The number of anilines is 1. The van der Waals surface area contributed by atoms with Gasteiger partial charge in [-0.1, -0.05) is 13.3 Å². The van der Waals surface area contributed by atoms with Crippen molar-refractivity contribution in [2.24, 2.45) is 5.73 Å². The molecule has 0 fully saturated rings. The number of carbonyl (C=O) groups is 1. The SMILES string of the molecule is CCCCN(CC(N)=O)Cc1cc(N)ccc1OC. The van der Waals surface area contributed by atoms with Crippen molar-refractivity contribution in [3.8, 4) is 5.75 Å². The molecule has 0 saturated heterocycles. The average molecular weight is 265 g/mol. The minimum Gasteiger partial charge on any atom is -0.496 e. The summed E-state index contributed by atoms with van der Waals surface area (Å²) in [5, 5.41) is 0. The quantitative estimate of drug-likeness (QED) is 0.695. The number of hydrogen-bond donors (Lipinski definition) is 2. The maximum absolute atomic E-state index is 11.1. The van der Waals surface area contributed by atoms with Crippen LogP contribution in [0.25, 0.3) is 0 Å². The fourth-order valence-electron chi connectivity index (χ4n) is 1.98. The van der Waals surface area contributed by atoms with E-state index in [1.165, 1.54) is 0 Å². The molecule has 0 atom stereocenters. The van der Waals surface area contributed by atoms with E-state index in [0.717, 1.165) is 30.7 Å². The summed E-state index contributed by atoms with van der Waals surface area (Å²) in [7, 11) is 1.62. The number of benzene rings is 1. The van der Waals surface area contributed by atoms with Crippen LogP contribution in [0.1, 0.15) is 25.3 Å². The molecule has 0 unspecified atom stereocenters. The van der Waals surface area contributed by atoms with Crippen molar-refractivity contribution < 1.29 is 9.53 Å². The molecule has 0 aliphatic carbocycles. The van der Waals surface area contributed by atoms with Crippen molar-refractivity contribution in [2.75, 3.05) is 25.9 Å². The topological polar surface area (TPSA) is 81.6 Å². The van der Waals surface area contributed by atoms with Crippen molar-refractivity contribution >= 4 is 11.6 Å². The number of rotatable bonds is 8. The number of nitrogen functional groups attached to an aromatic ring is 1. The summed E-state index contributed by atoms with van der Waals surface area (Å²) in [5.41, 5.74) is 12.7. The Morgan fingerprint density at radius 2 is 2.16 bits per heavy atom. The maximum Gasteiger partial charge on any atom is 0.231 e. The first-order valence-corrected chi connectivity index (χ1v) is 6.49. The van der Waals surface area contributed by atoms with Crippen LogP contribution >= 0.6 is 0 Å². The number of carbonyl (C=O) groups excluding carboxylic acids is 1. The number of primary amides is 1. The standard InChI is InChI=1S/C14H23N3O2/c1-3-4-7-17(10-14(16)18)9-11-8-12(15)5-6-13(11)19-2/h5-6,8H,3-4,7,9-10,15H2,1-2H3,(H2,16,18). The van der Waals surface area contributed by atoms with E-state index < -0.39 is 0 Å². The third-order valence-electron chi connectivity index (χ3n) is 2.91. The van der Waals surface area contributed by atoms with Crippen LogP contribution in [0.4, 0.5) is 5.69 Å². The fourth-order valence-corrected chi connectivity index (χ4v) is 1.98. The third kappa shape index (κ3) is 5.18. The zero-order valence-electron chi connectivity index (χ0n) is 11.7. The first-order chi connectivity index (χ1) is 9.06. The zero-order chi connectivity index (χ0) is 14.3. The molecule has 4 N–H and O–H groups in total. The first-order valence-electron chi connectivity index (χ1n) is 6.49. The minimum atomic E-state index is -0.320. The Morgan fingerprint density at radius 1 is 1.42 bits per heavy atom. The summed E-state index contributed by atoms with van der Waals surface area (Å²) in [6.45, 7) is 3.80. The van der Waals surface area contributed by atoms with Crippen molar-refractivity contribution in [3.63, 3.8) is 0 Å². The van der Waals surface area contributed by atoms with Crippen LogP contribution in [-0.4, -0.2) is 31.0 Å². The van der Waals surface area contributed by atoms with Gasteiger partial charge >= 0.3 is 0 Å². The summed E-state index contributed by atoms with van der Waals surface area (Å²) < 4.78 is 5.31. The normalized spacial score (nSPS) is 10.7. The van der Waals surface area contributed by atoms with E-state index in [0.29, 0.717) is 12.2 Å². The summed E-state index contributed by atoms with van der Waals surface area (Å²) in [4.78, 5) is 13.1. The molecule has 5 nitrogen and oxygen atoms in total. The van der Waals surface area contributed by atoms with Gasteiger partial charge in [0.25, 0.3) is 0 Å². The number of ether oxygens (including phenoxy) is 1. The summed E-state index contributed by atoms with van der Waals surface area (Å²) in [5.74, 6) is 0.458. The molecule has 0 saturated carbocycles. The van der Waals surface area contributed by atoms with Crippen LogP contribution in [0.2, 0.25) is 0 Å². The Balaban J connectivity index is 2.81. The molecule has 0 heterocycles. The molecule has 5 heteroatoms. The lowest BCUT2D eigenvalue weighted by molar-refractivity contribution is -0.119. The van der Waals surface area contributed by atoms with E-state index in [1.807, 2.05) is 17.0 Å². The highest BCUT2D eigenvalue weighted by molar-refractivity contribution is 5.75. The zero-order valence-corrected chi connectivity index (χ0v) is 11.7. The molecule has 1 amide bonds. The van der Waals surface area contributed by atoms with Crippen LogP contribution in [0, 0.1) is 0 Å². The molecule has 19 heavy (non-hydrogen) atoms. The molecule has 0 aromatic heterocycles. The molecule has 0 spiro atoms. The van der Waals surface area contributed by atoms with Crippen molar-refractivity contribution in [2.45, 2.75) is 26.3 Å². The molecule has 106 valence electrons. The van der Waals surface area contributed by atoms with Gasteiger partial charge in [0.1, 0.15) is 5.75 Å². The van der Waals surface area contributed by atoms with Gasteiger partial charge in [-0.05, 0) is 31.2 Å². The molecule has 1 rings (SSSR count). The first kappa shape index (κ1) is 15.3. The van der Waals surface area contributed by atoms with Gasteiger partial charge in [-0.15, -0.1) is 0 Å². The van der Waals surface area contributed by atoms with Gasteiger partial charge in [0.05, 0.1) is 13.7 Å².